The van der Waals surface area contributed by atoms with Gasteiger partial charge in [-0.3, -0.25) is 9.59 Å². The minimum absolute atomic E-state index is 0.0178. The summed E-state index contributed by atoms with van der Waals surface area (Å²) in [6, 6.07) is 4.98. The number of hydrogen-bond donors (Lipinski definition) is 3. The fourth-order valence-electron chi connectivity index (χ4n) is 6.43. The van der Waals surface area contributed by atoms with Crippen LogP contribution in [0.1, 0.15) is 51.3 Å². The zero-order valence-corrected chi connectivity index (χ0v) is 25.3. The van der Waals surface area contributed by atoms with E-state index in [-0.39, 0.29) is 33.3 Å². The lowest BCUT2D eigenvalue weighted by molar-refractivity contribution is -0.0202. The second-order valence-corrected chi connectivity index (χ2v) is 11.9. The third kappa shape index (κ3) is 3.77. The molecular formula is C30H27Cl3O8. The van der Waals surface area contributed by atoms with E-state index < -0.39 is 50.6 Å². The third-order valence-corrected chi connectivity index (χ3v) is 9.59. The van der Waals surface area contributed by atoms with Crippen molar-refractivity contribution < 1.29 is 39.1 Å². The number of halogens is 3. The number of ether oxygens (including phenoxy) is 3. The fourth-order valence-corrected chi connectivity index (χ4v) is 7.40. The quantitative estimate of drug-likeness (QED) is 0.289. The summed E-state index contributed by atoms with van der Waals surface area (Å²) in [5.41, 5.74) is -2.31. The molecule has 0 bridgehead atoms. The van der Waals surface area contributed by atoms with E-state index >= 15 is 0 Å². The number of fused-ring (bicyclic) bond motifs is 3. The Morgan fingerprint density at radius 2 is 1.41 bits per heavy atom. The summed E-state index contributed by atoms with van der Waals surface area (Å²) < 4.78 is 16.6. The number of ketones is 2. The zero-order valence-electron chi connectivity index (χ0n) is 23.0. The van der Waals surface area contributed by atoms with Gasteiger partial charge in [0.05, 0.1) is 36.9 Å². The maximum absolute atomic E-state index is 14.6. The number of carbonyl (C=O) groups excluding carboxylic acids is 2. The number of aliphatic hydroxyl groups is 1. The van der Waals surface area contributed by atoms with Crippen LogP contribution in [0.2, 0.25) is 15.1 Å². The summed E-state index contributed by atoms with van der Waals surface area (Å²) in [6.07, 6.45) is -0.0449. The van der Waals surface area contributed by atoms with Crippen LogP contribution in [0.4, 0.5) is 0 Å². The van der Waals surface area contributed by atoms with Gasteiger partial charge in [-0.05, 0) is 47.6 Å². The Labute approximate surface area is 251 Å². The van der Waals surface area contributed by atoms with Crippen LogP contribution in [-0.4, -0.2) is 53.8 Å². The maximum Gasteiger partial charge on any atom is 0.206 e. The highest BCUT2D eigenvalue weighted by molar-refractivity contribution is 6.41. The number of hydrogen-bond acceptors (Lipinski definition) is 8. The molecule has 41 heavy (non-hydrogen) atoms. The van der Waals surface area contributed by atoms with Crippen molar-refractivity contribution in [3.05, 3.63) is 61.1 Å². The first-order chi connectivity index (χ1) is 19.2. The molecule has 11 heteroatoms. The van der Waals surface area contributed by atoms with E-state index in [1.807, 2.05) is 0 Å². The smallest absolute Gasteiger partial charge is 0.206 e. The van der Waals surface area contributed by atoms with Crippen LogP contribution >= 0.6 is 34.8 Å². The van der Waals surface area contributed by atoms with Gasteiger partial charge in [0, 0.05) is 28.7 Å². The van der Waals surface area contributed by atoms with Crippen LogP contribution in [0, 0.1) is 12.8 Å². The van der Waals surface area contributed by atoms with E-state index in [0.29, 0.717) is 33.8 Å². The molecule has 0 unspecified atom stereocenters. The zero-order chi connectivity index (χ0) is 30.3. The summed E-state index contributed by atoms with van der Waals surface area (Å²) in [5, 5.41) is 32.9. The number of phenolic OH excluding ortho intramolecular Hbond substituents is 2. The molecule has 2 aliphatic rings. The highest BCUT2D eigenvalue weighted by Crippen LogP contribution is 2.60. The van der Waals surface area contributed by atoms with Crippen molar-refractivity contribution in [1.29, 1.82) is 0 Å². The topological polar surface area (TPSA) is 123 Å². The van der Waals surface area contributed by atoms with E-state index in [2.05, 4.69) is 0 Å². The Morgan fingerprint density at radius 1 is 0.805 bits per heavy atom. The summed E-state index contributed by atoms with van der Waals surface area (Å²) in [5.74, 6) is -3.29. The van der Waals surface area contributed by atoms with E-state index in [0.717, 1.165) is 0 Å². The number of benzene rings is 3. The Morgan fingerprint density at radius 3 is 2.00 bits per heavy atom. The summed E-state index contributed by atoms with van der Waals surface area (Å²) in [4.78, 5) is 28.7. The average molecular weight is 622 g/mol. The van der Waals surface area contributed by atoms with Crippen molar-refractivity contribution in [2.45, 2.75) is 38.2 Å². The van der Waals surface area contributed by atoms with Crippen molar-refractivity contribution in [2.75, 3.05) is 21.3 Å². The van der Waals surface area contributed by atoms with Gasteiger partial charge in [0.2, 0.25) is 11.6 Å². The molecular weight excluding hydrogens is 595 g/mol. The Bertz CT molecular complexity index is 1680. The second-order valence-electron chi connectivity index (χ2n) is 10.8. The number of Topliss-reactive ketones (excluding diaryl/α,β-unsaturated/α-hetero) is 2. The summed E-state index contributed by atoms with van der Waals surface area (Å²) in [6.45, 7) is 5.13. The van der Waals surface area contributed by atoms with Crippen molar-refractivity contribution in [3.8, 4) is 39.9 Å². The molecule has 3 N–H and O–H groups in total. The van der Waals surface area contributed by atoms with Crippen LogP contribution in [0.3, 0.4) is 0 Å². The molecule has 2 atom stereocenters. The normalized spacial score (nSPS) is 20.7. The molecule has 0 fully saturated rings. The predicted octanol–water partition coefficient (Wildman–Crippen LogP) is 6.32. The lowest BCUT2D eigenvalue weighted by Crippen LogP contribution is -2.64. The van der Waals surface area contributed by atoms with Crippen LogP contribution in [0.25, 0.3) is 11.1 Å². The van der Waals surface area contributed by atoms with Gasteiger partial charge in [0.1, 0.15) is 28.0 Å². The third-order valence-electron chi connectivity index (χ3n) is 8.45. The standard InChI is InChI=1S/C30H27Cl3O8/c1-11-7-12(39-4)8-15(40-5)18(11)13-9-16(41-6)22(31)14-10-17-29(2,3)21-20(25(34)24(33)26(35)23(21)32)28(37)30(17,38)27(36)19(13)14/h7-9,17,34-35,38H,10H2,1-6H3/t17-,30+/m1/s1. The molecule has 0 radical (unpaired) electrons. The van der Waals surface area contributed by atoms with Gasteiger partial charge in [-0.25, -0.2) is 0 Å². The number of rotatable bonds is 4. The van der Waals surface area contributed by atoms with E-state index in [1.54, 1.807) is 39.0 Å². The first-order valence-corrected chi connectivity index (χ1v) is 13.7. The molecule has 0 amide bonds. The first kappa shape index (κ1) is 29.3. The number of phenols is 2. The molecule has 3 aromatic carbocycles. The molecule has 0 aliphatic heterocycles. The molecule has 0 aromatic heterocycles. The molecule has 5 rings (SSSR count). The highest BCUT2D eigenvalue weighted by atomic mass is 35.5. The van der Waals surface area contributed by atoms with E-state index in [1.165, 1.54) is 21.3 Å². The lowest BCUT2D eigenvalue weighted by Gasteiger charge is -2.51. The Kier molecular flexibility index (Phi) is 6.94. The molecule has 0 heterocycles. The Balaban J connectivity index is 1.88. The van der Waals surface area contributed by atoms with Crippen LogP contribution in [0.5, 0.6) is 28.7 Å². The van der Waals surface area contributed by atoms with Crippen molar-refractivity contribution >= 4 is 46.4 Å². The van der Waals surface area contributed by atoms with E-state index in [4.69, 9.17) is 49.0 Å². The van der Waals surface area contributed by atoms with Crippen molar-refractivity contribution in [3.63, 3.8) is 0 Å². The second kappa shape index (κ2) is 9.70. The summed E-state index contributed by atoms with van der Waals surface area (Å²) in [7, 11) is 4.43. The van der Waals surface area contributed by atoms with Gasteiger partial charge < -0.3 is 29.5 Å². The number of carbonyl (C=O) groups is 2. The van der Waals surface area contributed by atoms with Gasteiger partial charge in [-0.1, -0.05) is 48.7 Å². The Hall–Kier alpha value is -3.17. The maximum atomic E-state index is 14.6. The van der Waals surface area contributed by atoms with Gasteiger partial charge in [0.15, 0.2) is 11.4 Å². The molecule has 0 spiro atoms. The van der Waals surface area contributed by atoms with Crippen LogP contribution in [-0.2, 0) is 11.8 Å². The van der Waals surface area contributed by atoms with Crippen molar-refractivity contribution in [1.82, 2.24) is 0 Å². The highest BCUT2D eigenvalue weighted by Gasteiger charge is 2.64. The fraction of sp³-hybridized carbons (Fsp3) is 0.333. The minimum Gasteiger partial charge on any atom is -0.505 e. The molecule has 3 aromatic rings. The molecule has 216 valence electrons. The first-order valence-electron chi connectivity index (χ1n) is 12.6. The molecule has 2 aliphatic carbocycles. The lowest BCUT2D eigenvalue weighted by atomic mass is 9.52. The number of aryl methyl sites for hydroxylation is 1. The largest absolute Gasteiger partial charge is 0.505 e. The van der Waals surface area contributed by atoms with Crippen LogP contribution in [0.15, 0.2) is 18.2 Å². The average Bonchev–Trinajstić information content (AvgIpc) is 2.94. The van der Waals surface area contributed by atoms with Gasteiger partial charge >= 0.3 is 0 Å². The number of aromatic hydroxyl groups is 2. The van der Waals surface area contributed by atoms with Gasteiger partial charge in [-0.2, -0.15) is 0 Å². The summed E-state index contributed by atoms with van der Waals surface area (Å²) >= 11 is 19.4. The van der Waals surface area contributed by atoms with Gasteiger partial charge in [0.25, 0.3) is 0 Å². The van der Waals surface area contributed by atoms with E-state index in [9.17, 15) is 24.9 Å². The SMILES string of the molecule is COc1cc(C)c(-c2cc(OC)c(Cl)c3c2C(=O)[C@]2(O)C(=O)c4c(O)c(Cl)c(O)c(Cl)c4C(C)(C)[C@H]2C3)c(OC)c1. The molecule has 0 saturated heterocycles. The van der Waals surface area contributed by atoms with Crippen LogP contribution < -0.4 is 14.2 Å². The molecule has 8 nitrogen and oxygen atoms in total. The monoisotopic (exact) mass is 620 g/mol. The van der Waals surface area contributed by atoms with Gasteiger partial charge in [-0.15, -0.1) is 0 Å². The van der Waals surface area contributed by atoms with Crippen molar-refractivity contribution in [2.24, 2.45) is 5.92 Å². The predicted molar refractivity (Wildman–Crippen MR) is 155 cm³/mol. The number of methoxy groups -OCH3 is 3. The molecule has 0 saturated carbocycles. The minimum atomic E-state index is -2.63.